The van der Waals surface area contributed by atoms with E-state index in [-0.39, 0.29) is 0 Å². The molecule has 1 aromatic carbocycles. The van der Waals surface area contributed by atoms with Crippen molar-refractivity contribution in [3.8, 4) is 5.75 Å². The molecule has 1 fully saturated rings. The van der Waals surface area contributed by atoms with Crippen LogP contribution in [0.1, 0.15) is 25.7 Å². The maximum Gasteiger partial charge on any atom is 0.119 e. The molecule has 0 N–H and O–H groups in total. The van der Waals surface area contributed by atoms with Crippen LogP contribution in [0.15, 0.2) is 28.7 Å². The molecule has 1 aliphatic heterocycles. The summed E-state index contributed by atoms with van der Waals surface area (Å²) in [5.41, 5.74) is 0. The van der Waals surface area contributed by atoms with Crippen LogP contribution in [0.5, 0.6) is 5.75 Å². The Kier molecular flexibility index (Phi) is 6.68. The first kappa shape index (κ1) is 15.3. The monoisotopic (exact) mass is 389 g/mol. The number of ether oxygens (including phenoxy) is 1. The fourth-order valence-electron chi connectivity index (χ4n) is 2.62. The molecule has 1 atom stereocenters. The Labute approximate surface area is 132 Å². The van der Waals surface area contributed by atoms with E-state index in [1.54, 1.807) is 0 Å². The lowest BCUT2D eigenvalue weighted by molar-refractivity contribution is 0.121. The molecule has 19 heavy (non-hydrogen) atoms. The van der Waals surface area contributed by atoms with Crippen molar-refractivity contribution in [2.24, 2.45) is 0 Å². The summed E-state index contributed by atoms with van der Waals surface area (Å²) in [4.78, 5) is 2.59. The summed E-state index contributed by atoms with van der Waals surface area (Å²) >= 11 is 6.99. The molecule has 0 aromatic heterocycles. The van der Waals surface area contributed by atoms with E-state index >= 15 is 0 Å². The number of halogens is 2. The lowest BCUT2D eigenvalue weighted by atomic mass is 10.0. The van der Waals surface area contributed by atoms with Crippen LogP contribution >= 0.6 is 31.9 Å². The molecule has 4 heteroatoms. The van der Waals surface area contributed by atoms with Crippen LogP contribution in [0.4, 0.5) is 0 Å². The summed E-state index contributed by atoms with van der Waals surface area (Å²) in [7, 11) is 0. The van der Waals surface area contributed by atoms with Crippen molar-refractivity contribution in [1.82, 2.24) is 4.90 Å². The van der Waals surface area contributed by atoms with Crippen LogP contribution in [0.25, 0.3) is 0 Å². The van der Waals surface area contributed by atoms with Crippen molar-refractivity contribution in [1.29, 1.82) is 0 Å². The summed E-state index contributed by atoms with van der Waals surface area (Å²) in [6.07, 6.45) is 5.29. The van der Waals surface area contributed by atoms with Gasteiger partial charge in [0.15, 0.2) is 0 Å². The Morgan fingerprint density at radius 2 is 2.00 bits per heavy atom. The van der Waals surface area contributed by atoms with E-state index in [1.165, 1.54) is 32.2 Å². The third-order valence-electron chi connectivity index (χ3n) is 3.65. The molecule has 1 aromatic rings. The van der Waals surface area contributed by atoms with Crippen LogP contribution in [-0.2, 0) is 0 Å². The fraction of sp³-hybridized carbons (Fsp3) is 0.600. The zero-order chi connectivity index (χ0) is 13.5. The molecule has 2 nitrogen and oxygen atoms in total. The largest absolute Gasteiger partial charge is 0.492 e. The van der Waals surface area contributed by atoms with Gasteiger partial charge >= 0.3 is 0 Å². The number of piperidine rings is 1. The van der Waals surface area contributed by atoms with E-state index in [9.17, 15) is 0 Å². The molecule has 1 saturated heterocycles. The van der Waals surface area contributed by atoms with Crippen molar-refractivity contribution in [3.63, 3.8) is 0 Å². The topological polar surface area (TPSA) is 12.5 Å². The highest BCUT2D eigenvalue weighted by atomic mass is 79.9. The van der Waals surface area contributed by atoms with Gasteiger partial charge in [0.2, 0.25) is 0 Å². The summed E-state index contributed by atoms with van der Waals surface area (Å²) in [6, 6.07) is 8.79. The average molecular weight is 391 g/mol. The van der Waals surface area contributed by atoms with Crippen molar-refractivity contribution in [3.05, 3.63) is 28.7 Å². The molecular formula is C15H21Br2NO. The number of likely N-dealkylation sites (tertiary alicyclic amines) is 1. The predicted octanol–water partition coefficient (Wildman–Crippen LogP) is 4.47. The highest BCUT2D eigenvalue weighted by Gasteiger charge is 2.21. The highest BCUT2D eigenvalue weighted by molar-refractivity contribution is 9.10. The smallest absolute Gasteiger partial charge is 0.119 e. The first-order chi connectivity index (χ1) is 9.29. The standard InChI is InChI=1S/C15H21Br2NO/c16-9-8-14-3-1-2-10-18(14)11-12-19-15-6-4-13(17)5-7-15/h4-7,14H,1-3,8-12H2. The molecule has 0 amide bonds. The summed E-state index contributed by atoms with van der Waals surface area (Å²) in [6.45, 7) is 3.04. The second-order valence-corrected chi connectivity index (χ2v) is 6.67. The van der Waals surface area contributed by atoms with Crippen molar-refractivity contribution >= 4 is 31.9 Å². The van der Waals surface area contributed by atoms with E-state index < -0.39 is 0 Å². The Bertz CT molecular complexity index is 367. The number of alkyl halides is 1. The lowest BCUT2D eigenvalue weighted by Gasteiger charge is -2.35. The Balaban J connectivity index is 1.75. The van der Waals surface area contributed by atoms with Crippen LogP contribution in [0.3, 0.4) is 0 Å². The van der Waals surface area contributed by atoms with Crippen LogP contribution in [0.2, 0.25) is 0 Å². The predicted molar refractivity (Wildman–Crippen MR) is 87.3 cm³/mol. The van der Waals surface area contributed by atoms with Gasteiger partial charge in [0, 0.05) is 22.4 Å². The summed E-state index contributed by atoms with van der Waals surface area (Å²) in [5, 5.41) is 1.10. The van der Waals surface area contributed by atoms with Crippen molar-refractivity contribution in [2.75, 3.05) is 25.0 Å². The number of nitrogens with zero attached hydrogens (tertiary/aromatic N) is 1. The van der Waals surface area contributed by atoms with E-state index in [0.717, 1.165) is 34.7 Å². The average Bonchev–Trinajstić information content (AvgIpc) is 2.43. The Hall–Kier alpha value is -0.0600. The first-order valence-corrected chi connectivity index (χ1v) is 8.89. The van der Waals surface area contributed by atoms with Gasteiger partial charge in [-0.25, -0.2) is 0 Å². The van der Waals surface area contributed by atoms with Gasteiger partial charge in [-0.05, 0) is 50.1 Å². The van der Waals surface area contributed by atoms with Crippen molar-refractivity contribution < 1.29 is 4.74 Å². The molecule has 2 rings (SSSR count). The number of rotatable bonds is 6. The minimum absolute atomic E-state index is 0.738. The van der Waals surface area contributed by atoms with Gasteiger partial charge in [-0.2, -0.15) is 0 Å². The Morgan fingerprint density at radius 1 is 1.21 bits per heavy atom. The van der Waals surface area contributed by atoms with Gasteiger partial charge in [-0.3, -0.25) is 4.90 Å². The number of hydrogen-bond donors (Lipinski definition) is 0. The quantitative estimate of drug-likeness (QED) is 0.664. The first-order valence-electron chi connectivity index (χ1n) is 6.98. The SMILES string of the molecule is BrCCC1CCCCN1CCOc1ccc(Br)cc1. The zero-order valence-corrected chi connectivity index (χ0v) is 14.3. The normalized spacial score (nSPS) is 20.4. The van der Waals surface area contributed by atoms with Gasteiger partial charge in [0.1, 0.15) is 12.4 Å². The van der Waals surface area contributed by atoms with Crippen LogP contribution < -0.4 is 4.74 Å². The fourth-order valence-corrected chi connectivity index (χ4v) is 3.41. The molecule has 1 heterocycles. The van der Waals surface area contributed by atoms with E-state index in [1.807, 2.05) is 24.3 Å². The van der Waals surface area contributed by atoms with Gasteiger partial charge in [0.05, 0.1) is 0 Å². The molecule has 0 saturated carbocycles. The maximum absolute atomic E-state index is 5.82. The van der Waals surface area contributed by atoms with Crippen LogP contribution in [0, 0.1) is 0 Å². The summed E-state index contributed by atoms with van der Waals surface area (Å²) in [5.74, 6) is 0.956. The summed E-state index contributed by atoms with van der Waals surface area (Å²) < 4.78 is 6.91. The molecule has 0 bridgehead atoms. The van der Waals surface area contributed by atoms with Gasteiger partial charge < -0.3 is 4.74 Å². The number of benzene rings is 1. The molecule has 0 spiro atoms. The maximum atomic E-state index is 5.82. The second kappa shape index (κ2) is 8.28. The minimum Gasteiger partial charge on any atom is -0.492 e. The van der Waals surface area contributed by atoms with E-state index in [4.69, 9.17) is 4.74 Å². The van der Waals surface area contributed by atoms with Gasteiger partial charge in [0.25, 0.3) is 0 Å². The zero-order valence-electron chi connectivity index (χ0n) is 11.2. The van der Waals surface area contributed by atoms with Gasteiger partial charge in [-0.15, -0.1) is 0 Å². The molecule has 106 valence electrons. The van der Waals surface area contributed by atoms with E-state index in [2.05, 4.69) is 36.8 Å². The molecule has 0 radical (unpaired) electrons. The molecule has 1 unspecified atom stereocenters. The third kappa shape index (κ3) is 5.09. The minimum atomic E-state index is 0.738. The molecule has 0 aliphatic carbocycles. The molecule has 1 aliphatic rings. The van der Waals surface area contributed by atoms with Crippen LogP contribution in [-0.4, -0.2) is 36.0 Å². The van der Waals surface area contributed by atoms with Gasteiger partial charge in [-0.1, -0.05) is 38.3 Å². The number of hydrogen-bond acceptors (Lipinski definition) is 2. The Morgan fingerprint density at radius 3 is 2.74 bits per heavy atom. The lowest BCUT2D eigenvalue weighted by Crippen LogP contribution is -2.42. The highest BCUT2D eigenvalue weighted by Crippen LogP contribution is 2.20. The third-order valence-corrected chi connectivity index (χ3v) is 4.64. The molecular weight excluding hydrogens is 370 g/mol. The van der Waals surface area contributed by atoms with E-state index in [0.29, 0.717) is 0 Å². The van der Waals surface area contributed by atoms with Crippen molar-refractivity contribution in [2.45, 2.75) is 31.7 Å². The second-order valence-electron chi connectivity index (χ2n) is 4.97.